The van der Waals surface area contributed by atoms with Crippen molar-refractivity contribution in [3.63, 3.8) is 0 Å². The molecular weight excluding hydrogens is 263 g/mol. The van der Waals surface area contributed by atoms with Gasteiger partial charge in [-0.05, 0) is 40.2 Å². The Balaban J connectivity index is 2.39. The van der Waals surface area contributed by atoms with Crippen LogP contribution in [0, 0.1) is 5.82 Å². The first-order chi connectivity index (χ1) is 7.18. The minimum atomic E-state index is -0.454. The largest absolute Gasteiger partial charge is 0.472 e. The number of halogens is 2. The third-order valence-corrected chi connectivity index (χ3v) is 2.61. The summed E-state index contributed by atoms with van der Waals surface area (Å²) in [5.41, 5.74) is 0.717. The number of furan rings is 1. The summed E-state index contributed by atoms with van der Waals surface area (Å²) in [7, 11) is 0. The van der Waals surface area contributed by atoms with Gasteiger partial charge in [-0.2, -0.15) is 0 Å². The fourth-order valence-electron chi connectivity index (χ4n) is 1.20. The second-order valence-electron chi connectivity index (χ2n) is 2.97. The van der Waals surface area contributed by atoms with Crippen LogP contribution in [0.4, 0.5) is 4.39 Å². The van der Waals surface area contributed by atoms with Gasteiger partial charge >= 0.3 is 0 Å². The van der Waals surface area contributed by atoms with Gasteiger partial charge in [0, 0.05) is 5.56 Å². The van der Waals surface area contributed by atoms with Crippen molar-refractivity contribution >= 4 is 21.7 Å². The van der Waals surface area contributed by atoms with Gasteiger partial charge in [-0.25, -0.2) is 4.39 Å². The number of carbonyl (C=O) groups excluding carboxylic acids is 1. The van der Waals surface area contributed by atoms with Crippen molar-refractivity contribution in [3.8, 4) is 0 Å². The summed E-state index contributed by atoms with van der Waals surface area (Å²) in [5.74, 6) is -0.709. The van der Waals surface area contributed by atoms with Crippen LogP contribution in [-0.4, -0.2) is 5.78 Å². The van der Waals surface area contributed by atoms with Gasteiger partial charge in [0.25, 0.3) is 0 Å². The molecule has 2 aromatic rings. The molecule has 0 aliphatic carbocycles. The van der Waals surface area contributed by atoms with E-state index in [9.17, 15) is 9.18 Å². The average Bonchev–Trinajstić information content (AvgIpc) is 2.74. The Morgan fingerprint density at radius 1 is 1.27 bits per heavy atom. The number of hydrogen-bond donors (Lipinski definition) is 0. The Morgan fingerprint density at radius 3 is 2.67 bits per heavy atom. The van der Waals surface area contributed by atoms with Crippen LogP contribution in [0.1, 0.15) is 15.9 Å². The van der Waals surface area contributed by atoms with Crippen molar-refractivity contribution in [3.05, 3.63) is 58.2 Å². The minimum Gasteiger partial charge on any atom is -0.472 e. The molecule has 0 spiro atoms. The smallest absolute Gasteiger partial charge is 0.196 e. The maximum Gasteiger partial charge on any atom is 0.196 e. The number of benzene rings is 1. The molecule has 15 heavy (non-hydrogen) atoms. The third-order valence-electron chi connectivity index (χ3n) is 1.97. The van der Waals surface area contributed by atoms with E-state index in [0.717, 1.165) is 0 Å². The van der Waals surface area contributed by atoms with E-state index in [1.807, 2.05) is 0 Å². The highest BCUT2D eigenvalue weighted by Crippen LogP contribution is 2.18. The van der Waals surface area contributed by atoms with E-state index in [1.165, 1.54) is 24.7 Å². The lowest BCUT2D eigenvalue weighted by atomic mass is 10.1. The Bertz CT molecular complexity index is 491. The number of rotatable bonds is 2. The molecule has 0 aliphatic rings. The zero-order valence-corrected chi connectivity index (χ0v) is 9.12. The first-order valence-electron chi connectivity index (χ1n) is 4.20. The van der Waals surface area contributed by atoms with Crippen LogP contribution >= 0.6 is 15.9 Å². The first kappa shape index (κ1) is 10.1. The maximum absolute atomic E-state index is 13.2. The van der Waals surface area contributed by atoms with Crippen LogP contribution in [0.5, 0.6) is 0 Å². The van der Waals surface area contributed by atoms with E-state index >= 15 is 0 Å². The quantitative estimate of drug-likeness (QED) is 0.782. The van der Waals surface area contributed by atoms with Crippen LogP contribution in [0.3, 0.4) is 0 Å². The van der Waals surface area contributed by atoms with Crippen molar-refractivity contribution < 1.29 is 13.6 Å². The lowest BCUT2D eigenvalue weighted by Crippen LogP contribution is -2.00. The second-order valence-corrected chi connectivity index (χ2v) is 3.82. The Morgan fingerprint density at radius 2 is 2.07 bits per heavy atom. The number of carbonyl (C=O) groups is 1. The molecule has 0 atom stereocenters. The standard InChI is InChI=1S/C11H6BrFO2/c12-9-2-1-7(5-10(9)13)11(14)8-3-4-15-6-8/h1-6H. The highest BCUT2D eigenvalue weighted by Gasteiger charge is 2.11. The summed E-state index contributed by atoms with van der Waals surface area (Å²) in [6, 6.07) is 5.80. The monoisotopic (exact) mass is 268 g/mol. The molecule has 2 rings (SSSR count). The van der Waals surface area contributed by atoms with Crippen molar-refractivity contribution in [1.82, 2.24) is 0 Å². The summed E-state index contributed by atoms with van der Waals surface area (Å²) in [6.45, 7) is 0. The molecule has 0 fully saturated rings. The van der Waals surface area contributed by atoms with Crippen LogP contribution < -0.4 is 0 Å². The normalized spacial score (nSPS) is 10.3. The van der Waals surface area contributed by atoms with E-state index in [0.29, 0.717) is 15.6 Å². The zero-order chi connectivity index (χ0) is 10.8. The predicted octanol–water partition coefficient (Wildman–Crippen LogP) is 3.41. The molecule has 2 nitrogen and oxygen atoms in total. The summed E-state index contributed by atoms with van der Waals surface area (Å²) in [6.07, 6.45) is 2.74. The summed E-state index contributed by atoms with van der Waals surface area (Å²) in [5, 5.41) is 0. The van der Waals surface area contributed by atoms with Gasteiger partial charge in [-0.3, -0.25) is 4.79 Å². The average molecular weight is 269 g/mol. The lowest BCUT2D eigenvalue weighted by molar-refractivity contribution is 0.103. The molecule has 0 saturated carbocycles. The highest BCUT2D eigenvalue weighted by atomic mass is 79.9. The third kappa shape index (κ3) is 1.99. The Labute approximate surface area is 93.8 Å². The van der Waals surface area contributed by atoms with Crippen LogP contribution in [0.15, 0.2) is 45.7 Å². The van der Waals surface area contributed by atoms with E-state index in [4.69, 9.17) is 4.42 Å². The summed E-state index contributed by atoms with van der Waals surface area (Å²) < 4.78 is 18.3. The van der Waals surface area contributed by atoms with Gasteiger partial charge in [0.05, 0.1) is 16.3 Å². The van der Waals surface area contributed by atoms with Gasteiger partial charge in [0.15, 0.2) is 5.78 Å². The first-order valence-corrected chi connectivity index (χ1v) is 5.00. The fourth-order valence-corrected chi connectivity index (χ4v) is 1.44. The second kappa shape index (κ2) is 3.98. The van der Waals surface area contributed by atoms with Crippen molar-refractivity contribution in [2.75, 3.05) is 0 Å². The zero-order valence-electron chi connectivity index (χ0n) is 7.54. The molecule has 0 aliphatic heterocycles. The van der Waals surface area contributed by atoms with Crippen LogP contribution in [-0.2, 0) is 0 Å². The molecule has 1 aromatic carbocycles. The molecular formula is C11H6BrFO2. The molecule has 0 amide bonds. The predicted molar refractivity (Wildman–Crippen MR) is 56.2 cm³/mol. The SMILES string of the molecule is O=C(c1ccoc1)c1ccc(Br)c(F)c1. The minimum absolute atomic E-state index is 0.254. The van der Waals surface area contributed by atoms with Crippen molar-refractivity contribution in [1.29, 1.82) is 0 Å². The fraction of sp³-hybridized carbons (Fsp3) is 0. The van der Waals surface area contributed by atoms with Gasteiger partial charge in [-0.15, -0.1) is 0 Å². The van der Waals surface area contributed by atoms with E-state index in [-0.39, 0.29) is 5.78 Å². The van der Waals surface area contributed by atoms with Crippen molar-refractivity contribution in [2.24, 2.45) is 0 Å². The van der Waals surface area contributed by atoms with Crippen LogP contribution in [0.2, 0.25) is 0 Å². The van der Waals surface area contributed by atoms with Crippen LogP contribution in [0.25, 0.3) is 0 Å². The molecule has 0 saturated heterocycles. The van der Waals surface area contributed by atoms with E-state index in [1.54, 1.807) is 12.1 Å². The molecule has 0 radical (unpaired) electrons. The summed E-state index contributed by atoms with van der Waals surface area (Å²) in [4.78, 5) is 11.7. The maximum atomic E-state index is 13.2. The summed E-state index contributed by atoms with van der Waals surface area (Å²) >= 11 is 3.02. The van der Waals surface area contributed by atoms with E-state index < -0.39 is 5.82 Å². The molecule has 4 heteroatoms. The van der Waals surface area contributed by atoms with Gasteiger partial charge in [0.2, 0.25) is 0 Å². The van der Waals surface area contributed by atoms with Gasteiger partial charge in [0.1, 0.15) is 12.1 Å². The van der Waals surface area contributed by atoms with Gasteiger partial charge in [-0.1, -0.05) is 0 Å². The topological polar surface area (TPSA) is 30.2 Å². The number of ketones is 1. The lowest BCUT2D eigenvalue weighted by Gasteiger charge is -1.99. The van der Waals surface area contributed by atoms with E-state index in [2.05, 4.69) is 15.9 Å². The Kier molecular flexibility index (Phi) is 2.68. The van der Waals surface area contributed by atoms with Crippen molar-refractivity contribution in [2.45, 2.75) is 0 Å². The molecule has 1 aromatic heterocycles. The molecule has 1 heterocycles. The molecule has 0 bridgehead atoms. The highest BCUT2D eigenvalue weighted by molar-refractivity contribution is 9.10. The number of hydrogen-bond acceptors (Lipinski definition) is 2. The molecule has 0 unspecified atom stereocenters. The Hall–Kier alpha value is -1.42. The molecule has 76 valence electrons. The van der Waals surface area contributed by atoms with Gasteiger partial charge < -0.3 is 4.42 Å². The molecule has 0 N–H and O–H groups in total.